The summed E-state index contributed by atoms with van der Waals surface area (Å²) in [4.78, 5) is 26.9. The fourth-order valence-electron chi connectivity index (χ4n) is 3.11. The molecular weight excluding hydrogens is 458 g/mol. The highest BCUT2D eigenvalue weighted by atomic mass is 79.9. The standard InChI is InChI=1S/C21H22BrNO5S/c1-4-27-17-12-18(28-5-2)14(22)10-13(17)11-19-20(24)23(21(25)29-19)15-8-6-7-9-16(15)26-3/h6-10,12,19H,4-5,11H2,1-3H3/t19-/m1/s1. The van der Waals surface area contributed by atoms with Crippen LogP contribution in [0.1, 0.15) is 19.4 Å². The lowest BCUT2D eigenvalue weighted by atomic mass is 10.1. The van der Waals surface area contributed by atoms with Crippen LogP contribution in [0.3, 0.4) is 0 Å². The van der Waals surface area contributed by atoms with Crippen molar-refractivity contribution in [3.05, 3.63) is 46.4 Å². The van der Waals surface area contributed by atoms with Gasteiger partial charge < -0.3 is 14.2 Å². The van der Waals surface area contributed by atoms with E-state index in [9.17, 15) is 9.59 Å². The Kier molecular flexibility index (Phi) is 7.08. The van der Waals surface area contributed by atoms with Crippen molar-refractivity contribution in [2.45, 2.75) is 25.5 Å². The van der Waals surface area contributed by atoms with Crippen molar-refractivity contribution >= 4 is 44.5 Å². The van der Waals surface area contributed by atoms with Crippen molar-refractivity contribution in [3.8, 4) is 17.2 Å². The smallest absolute Gasteiger partial charge is 0.293 e. The number of thioether (sulfide) groups is 1. The number of rotatable bonds is 8. The molecule has 0 spiro atoms. The summed E-state index contributed by atoms with van der Waals surface area (Å²) in [6, 6.07) is 10.7. The Morgan fingerprint density at radius 2 is 1.72 bits per heavy atom. The highest BCUT2D eigenvalue weighted by molar-refractivity contribution is 9.10. The van der Waals surface area contributed by atoms with Crippen LogP contribution in [0.25, 0.3) is 0 Å². The minimum atomic E-state index is -0.545. The van der Waals surface area contributed by atoms with Gasteiger partial charge in [-0.15, -0.1) is 0 Å². The predicted molar refractivity (Wildman–Crippen MR) is 117 cm³/mol. The van der Waals surface area contributed by atoms with E-state index in [1.165, 1.54) is 12.0 Å². The number of carbonyl (C=O) groups excluding carboxylic acids is 2. The molecule has 154 valence electrons. The lowest BCUT2D eigenvalue weighted by Crippen LogP contribution is -2.32. The van der Waals surface area contributed by atoms with Crippen LogP contribution in [0.4, 0.5) is 10.5 Å². The van der Waals surface area contributed by atoms with Crippen LogP contribution in [-0.4, -0.2) is 36.7 Å². The number of hydrogen-bond donors (Lipinski definition) is 0. The van der Waals surface area contributed by atoms with Gasteiger partial charge in [-0.05, 0) is 60.0 Å². The number of benzene rings is 2. The molecule has 0 saturated carbocycles. The molecule has 3 rings (SSSR count). The third-order valence-corrected chi connectivity index (χ3v) is 6.02. The molecule has 1 heterocycles. The third kappa shape index (κ3) is 4.53. The molecule has 1 aliphatic rings. The molecule has 6 nitrogen and oxygen atoms in total. The van der Waals surface area contributed by atoms with Crippen molar-refractivity contribution in [1.29, 1.82) is 0 Å². The molecule has 0 unspecified atom stereocenters. The number of nitrogens with zero attached hydrogens (tertiary/aromatic N) is 1. The summed E-state index contributed by atoms with van der Waals surface area (Å²) >= 11 is 4.53. The number of anilines is 1. The summed E-state index contributed by atoms with van der Waals surface area (Å²) in [5.74, 6) is 1.54. The van der Waals surface area contributed by atoms with Gasteiger partial charge in [0.25, 0.3) is 5.24 Å². The van der Waals surface area contributed by atoms with Gasteiger partial charge in [0.15, 0.2) is 0 Å². The number of ether oxygens (including phenoxy) is 3. The Morgan fingerprint density at radius 1 is 1.03 bits per heavy atom. The van der Waals surface area contributed by atoms with Gasteiger partial charge >= 0.3 is 0 Å². The fourth-order valence-corrected chi connectivity index (χ4v) is 4.62. The zero-order valence-corrected chi connectivity index (χ0v) is 18.8. The zero-order valence-electron chi connectivity index (χ0n) is 16.4. The normalized spacial score (nSPS) is 16.3. The number of imide groups is 1. The molecule has 8 heteroatoms. The van der Waals surface area contributed by atoms with E-state index in [0.717, 1.165) is 21.8 Å². The summed E-state index contributed by atoms with van der Waals surface area (Å²) < 4.78 is 17.5. The number of halogens is 1. The molecule has 0 aliphatic carbocycles. The van der Waals surface area contributed by atoms with E-state index in [0.29, 0.717) is 42.6 Å². The molecule has 0 radical (unpaired) electrons. The van der Waals surface area contributed by atoms with Gasteiger partial charge in [-0.1, -0.05) is 23.9 Å². The third-order valence-electron chi connectivity index (χ3n) is 4.37. The van der Waals surface area contributed by atoms with Gasteiger partial charge in [0, 0.05) is 6.07 Å². The molecule has 0 bridgehead atoms. The number of para-hydroxylation sites is 2. The second kappa shape index (κ2) is 9.54. The van der Waals surface area contributed by atoms with Crippen molar-refractivity contribution in [2.75, 3.05) is 25.2 Å². The second-order valence-electron chi connectivity index (χ2n) is 6.18. The van der Waals surface area contributed by atoms with E-state index in [-0.39, 0.29) is 11.1 Å². The first kappa shape index (κ1) is 21.5. The Bertz CT molecular complexity index is 920. The van der Waals surface area contributed by atoms with Gasteiger partial charge in [-0.3, -0.25) is 9.59 Å². The van der Waals surface area contributed by atoms with Crippen molar-refractivity contribution < 1.29 is 23.8 Å². The van der Waals surface area contributed by atoms with Crippen molar-refractivity contribution in [3.63, 3.8) is 0 Å². The summed E-state index contributed by atoms with van der Waals surface area (Å²) in [6.45, 7) is 4.82. The van der Waals surface area contributed by atoms with Crippen LogP contribution in [0.2, 0.25) is 0 Å². The van der Waals surface area contributed by atoms with Gasteiger partial charge in [0.2, 0.25) is 5.91 Å². The molecule has 1 fully saturated rings. The number of methoxy groups -OCH3 is 1. The summed E-state index contributed by atoms with van der Waals surface area (Å²) in [7, 11) is 1.51. The monoisotopic (exact) mass is 479 g/mol. The highest BCUT2D eigenvalue weighted by Crippen LogP contribution is 2.40. The molecule has 1 atom stereocenters. The largest absolute Gasteiger partial charge is 0.495 e. The first-order valence-electron chi connectivity index (χ1n) is 9.25. The quantitative estimate of drug-likeness (QED) is 0.526. The average molecular weight is 480 g/mol. The van der Waals surface area contributed by atoms with Crippen molar-refractivity contribution in [1.82, 2.24) is 0 Å². The highest BCUT2D eigenvalue weighted by Gasteiger charge is 2.42. The molecule has 29 heavy (non-hydrogen) atoms. The lowest BCUT2D eigenvalue weighted by molar-refractivity contribution is -0.117. The average Bonchev–Trinajstić information content (AvgIpc) is 2.98. The first-order chi connectivity index (χ1) is 14.0. The van der Waals surface area contributed by atoms with E-state index in [1.54, 1.807) is 24.3 Å². The topological polar surface area (TPSA) is 65.1 Å². The maximum atomic E-state index is 13.1. The molecule has 1 saturated heterocycles. The Hall–Kier alpha value is -2.19. The summed E-state index contributed by atoms with van der Waals surface area (Å²) in [5, 5.41) is -0.857. The van der Waals surface area contributed by atoms with Crippen LogP contribution in [0.15, 0.2) is 40.9 Å². The van der Waals surface area contributed by atoms with E-state index in [4.69, 9.17) is 14.2 Å². The Labute approximate surface area is 182 Å². The van der Waals surface area contributed by atoms with Crippen LogP contribution >= 0.6 is 27.7 Å². The summed E-state index contributed by atoms with van der Waals surface area (Å²) in [6.07, 6.45) is 0.362. The lowest BCUT2D eigenvalue weighted by Gasteiger charge is -2.18. The number of carbonyl (C=O) groups is 2. The number of hydrogen-bond acceptors (Lipinski definition) is 6. The first-order valence-corrected chi connectivity index (χ1v) is 10.9. The van der Waals surface area contributed by atoms with E-state index in [1.807, 2.05) is 26.0 Å². The Morgan fingerprint density at radius 3 is 2.41 bits per heavy atom. The van der Waals surface area contributed by atoms with E-state index < -0.39 is 5.25 Å². The van der Waals surface area contributed by atoms with Crippen LogP contribution in [0, 0.1) is 0 Å². The maximum Gasteiger partial charge on any atom is 0.293 e. The molecule has 2 amide bonds. The fraction of sp³-hybridized carbons (Fsp3) is 0.333. The van der Waals surface area contributed by atoms with Gasteiger partial charge in [0.05, 0.1) is 35.7 Å². The van der Waals surface area contributed by atoms with Crippen LogP contribution in [-0.2, 0) is 11.2 Å². The van der Waals surface area contributed by atoms with Crippen LogP contribution in [0.5, 0.6) is 17.2 Å². The minimum Gasteiger partial charge on any atom is -0.495 e. The second-order valence-corrected chi connectivity index (χ2v) is 8.19. The zero-order chi connectivity index (χ0) is 21.0. The van der Waals surface area contributed by atoms with Gasteiger partial charge in [-0.25, -0.2) is 4.90 Å². The predicted octanol–water partition coefficient (Wildman–Crippen LogP) is 5.07. The molecular formula is C21H22BrNO5S. The molecule has 1 aliphatic heterocycles. The minimum absolute atomic E-state index is 0.267. The molecule has 2 aromatic rings. The van der Waals surface area contributed by atoms with Crippen molar-refractivity contribution in [2.24, 2.45) is 0 Å². The van der Waals surface area contributed by atoms with E-state index >= 15 is 0 Å². The van der Waals surface area contributed by atoms with Gasteiger partial charge in [-0.2, -0.15) is 0 Å². The summed E-state index contributed by atoms with van der Waals surface area (Å²) in [5.41, 5.74) is 1.29. The SMILES string of the molecule is CCOc1cc(OCC)c(C[C@H]2SC(=O)N(c3ccccc3OC)C2=O)cc1Br. The molecule has 0 N–H and O–H groups in total. The van der Waals surface area contributed by atoms with Crippen LogP contribution < -0.4 is 19.1 Å². The van der Waals surface area contributed by atoms with Gasteiger partial charge in [0.1, 0.15) is 17.2 Å². The Balaban J connectivity index is 1.88. The van der Waals surface area contributed by atoms with E-state index in [2.05, 4.69) is 15.9 Å². The number of amides is 2. The maximum absolute atomic E-state index is 13.1. The molecule has 0 aromatic heterocycles. The molecule has 2 aromatic carbocycles.